The van der Waals surface area contributed by atoms with Crippen molar-refractivity contribution in [3.63, 3.8) is 0 Å². The van der Waals surface area contributed by atoms with Gasteiger partial charge in [-0.1, -0.05) is 31.1 Å². The van der Waals surface area contributed by atoms with Crippen LogP contribution in [0.1, 0.15) is 37.5 Å². The number of aryl methyl sites for hydroxylation is 1. The monoisotopic (exact) mass is 257 g/mol. The minimum Gasteiger partial charge on any atom is -0.399 e. The third-order valence-electron chi connectivity index (χ3n) is 2.78. The van der Waals surface area contributed by atoms with E-state index in [2.05, 4.69) is 24.0 Å². The van der Waals surface area contributed by atoms with Crippen LogP contribution in [0.2, 0.25) is 0 Å². The van der Waals surface area contributed by atoms with Crippen LogP contribution in [0.3, 0.4) is 0 Å². The van der Waals surface area contributed by atoms with E-state index in [1.165, 1.54) is 0 Å². The maximum Gasteiger partial charge on any atom is 0.250 e. The van der Waals surface area contributed by atoms with Gasteiger partial charge in [0.25, 0.3) is 5.89 Å². The Hall–Kier alpha value is -2.10. The van der Waals surface area contributed by atoms with Gasteiger partial charge in [-0.05, 0) is 36.1 Å². The third-order valence-corrected chi connectivity index (χ3v) is 2.78. The molecular formula is C15H19N3O. The van der Waals surface area contributed by atoms with Crippen molar-refractivity contribution in [2.45, 2.75) is 26.7 Å². The van der Waals surface area contributed by atoms with E-state index in [-0.39, 0.29) is 0 Å². The highest BCUT2D eigenvalue weighted by Gasteiger charge is 2.04. The molecule has 2 N–H and O–H groups in total. The minimum atomic E-state index is 0.538. The van der Waals surface area contributed by atoms with Crippen molar-refractivity contribution >= 4 is 17.8 Å². The molecule has 2 rings (SSSR count). The number of nitrogen functional groups attached to an aromatic ring is 1. The molecule has 0 unspecified atom stereocenters. The van der Waals surface area contributed by atoms with Crippen LogP contribution in [-0.2, 0) is 6.42 Å². The van der Waals surface area contributed by atoms with Crippen LogP contribution in [0.5, 0.6) is 0 Å². The predicted molar refractivity (Wildman–Crippen MR) is 77.2 cm³/mol. The summed E-state index contributed by atoms with van der Waals surface area (Å²) in [6.07, 6.45) is 5.67. The number of nitrogens with zero attached hydrogens (tertiary/aromatic N) is 2. The fraction of sp³-hybridized carbons (Fsp3) is 0.333. The number of rotatable bonds is 5. The molecule has 0 aliphatic carbocycles. The van der Waals surface area contributed by atoms with Gasteiger partial charge < -0.3 is 10.3 Å². The van der Waals surface area contributed by atoms with Crippen molar-refractivity contribution < 1.29 is 4.52 Å². The Morgan fingerprint density at radius 3 is 2.63 bits per heavy atom. The summed E-state index contributed by atoms with van der Waals surface area (Å²) < 4.78 is 5.17. The van der Waals surface area contributed by atoms with Crippen LogP contribution >= 0.6 is 0 Å². The van der Waals surface area contributed by atoms with Gasteiger partial charge in [-0.25, -0.2) is 0 Å². The first-order chi connectivity index (χ1) is 9.13. The molecule has 2 aromatic rings. The fourth-order valence-corrected chi connectivity index (χ4v) is 1.63. The maximum absolute atomic E-state index is 5.63. The van der Waals surface area contributed by atoms with Crippen molar-refractivity contribution in [3.05, 3.63) is 41.5 Å². The topological polar surface area (TPSA) is 64.9 Å². The van der Waals surface area contributed by atoms with Gasteiger partial charge in [0.15, 0.2) is 5.82 Å². The molecule has 0 aliphatic rings. The smallest absolute Gasteiger partial charge is 0.250 e. The molecule has 0 saturated heterocycles. The summed E-state index contributed by atoms with van der Waals surface area (Å²) in [4.78, 5) is 4.33. The van der Waals surface area contributed by atoms with Gasteiger partial charge in [0, 0.05) is 18.2 Å². The molecule has 0 radical (unpaired) electrons. The van der Waals surface area contributed by atoms with Gasteiger partial charge in [-0.15, -0.1) is 0 Å². The lowest BCUT2D eigenvalue weighted by Crippen LogP contribution is -1.93. The molecule has 0 amide bonds. The van der Waals surface area contributed by atoms with Gasteiger partial charge >= 0.3 is 0 Å². The van der Waals surface area contributed by atoms with Crippen LogP contribution in [0, 0.1) is 5.92 Å². The highest BCUT2D eigenvalue weighted by Crippen LogP contribution is 2.11. The van der Waals surface area contributed by atoms with E-state index in [1.807, 2.05) is 36.4 Å². The molecule has 1 heterocycles. The highest BCUT2D eigenvalue weighted by atomic mass is 16.5. The zero-order chi connectivity index (χ0) is 13.7. The van der Waals surface area contributed by atoms with E-state index in [0.29, 0.717) is 11.8 Å². The summed E-state index contributed by atoms with van der Waals surface area (Å²) in [7, 11) is 0. The fourth-order valence-electron chi connectivity index (χ4n) is 1.63. The van der Waals surface area contributed by atoms with Crippen LogP contribution in [0.15, 0.2) is 28.8 Å². The Balaban J connectivity index is 1.97. The maximum atomic E-state index is 5.63. The predicted octanol–water partition coefficient (Wildman–Crippen LogP) is 3.41. The molecule has 1 aromatic heterocycles. The van der Waals surface area contributed by atoms with Gasteiger partial charge in [-0.3, -0.25) is 0 Å². The lowest BCUT2D eigenvalue weighted by Gasteiger charge is -1.98. The van der Waals surface area contributed by atoms with Crippen molar-refractivity contribution in [1.82, 2.24) is 10.1 Å². The van der Waals surface area contributed by atoms with Gasteiger partial charge in [-0.2, -0.15) is 4.98 Å². The largest absolute Gasteiger partial charge is 0.399 e. The number of hydrogen-bond donors (Lipinski definition) is 1. The molecule has 4 heteroatoms. The summed E-state index contributed by atoms with van der Waals surface area (Å²) in [5.41, 5.74) is 7.44. The van der Waals surface area contributed by atoms with Crippen molar-refractivity contribution in [2.24, 2.45) is 5.92 Å². The van der Waals surface area contributed by atoms with E-state index >= 15 is 0 Å². The Bertz CT molecular complexity index is 541. The molecule has 0 aliphatic heterocycles. The Kier molecular flexibility index (Phi) is 4.34. The molecule has 1 aromatic carbocycles. The van der Waals surface area contributed by atoms with Crippen LogP contribution in [0.25, 0.3) is 12.2 Å². The Labute approximate surface area is 113 Å². The van der Waals surface area contributed by atoms with Crippen LogP contribution in [0.4, 0.5) is 5.69 Å². The second-order valence-corrected chi connectivity index (χ2v) is 4.98. The molecular weight excluding hydrogens is 238 g/mol. The molecule has 0 bridgehead atoms. The Morgan fingerprint density at radius 1 is 1.21 bits per heavy atom. The normalized spacial score (nSPS) is 11.5. The van der Waals surface area contributed by atoms with Gasteiger partial charge in [0.1, 0.15) is 0 Å². The first-order valence-corrected chi connectivity index (χ1v) is 6.49. The summed E-state index contributed by atoms with van der Waals surface area (Å²) in [6, 6.07) is 7.62. The zero-order valence-corrected chi connectivity index (χ0v) is 11.3. The Morgan fingerprint density at radius 2 is 1.95 bits per heavy atom. The van der Waals surface area contributed by atoms with E-state index in [1.54, 1.807) is 0 Å². The number of benzene rings is 1. The molecule has 0 atom stereocenters. The van der Waals surface area contributed by atoms with Crippen LogP contribution in [-0.4, -0.2) is 10.1 Å². The SMILES string of the molecule is CC(C)CCc1noc(/C=C/c2ccc(N)cc2)n1. The highest BCUT2D eigenvalue weighted by molar-refractivity contribution is 5.66. The number of aromatic nitrogens is 2. The molecule has 100 valence electrons. The van der Waals surface area contributed by atoms with E-state index in [4.69, 9.17) is 10.3 Å². The summed E-state index contributed by atoms with van der Waals surface area (Å²) >= 11 is 0. The molecule has 0 fully saturated rings. The lowest BCUT2D eigenvalue weighted by atomic mass is 10.1. The average Bonchev–Trinajstić information content (AvgIpc) is 2.84. The molecule has 4 nitrogen and oxygen atoms in total. The lowest BCUT2D eigenvalue weighted by molar-refractivity contribution is 0.400. The van der Waals surface area contributed by atoms with Crippen molar-refractivity contribution in [1.29, 1.82) is 0 Å². The first kappa shape index (κ1) is 13.3. The average molecular weight is 257 g/mol. The summed E-state index contributed by atoms with van der Waals surface area (Å²) in [5, 5.41) is 3.96. The van der Waals surface area contributed by atoms with Crippen molar-refractivity contribution in [2.75, 3.05) is 5.73 Å². The van der Waals surface area contributed by atoms with Gasteiger partial charge in [0.05, 0.1) is 0 Å². The summed E-state index contributed by atoms with van der Waals surface area (Å²) in [5.74, 6) is 1.95. The second-order valence-electron chi connectivity index (χ2n) is 4.98. The third kappa shape index (κ3) is 4.25. The summed E-state index contributed by atoms with van der Waals surface area (Å²) in [6.45, 7) is 4.37. The number of nitrogens with two attached hydrogens (primary N) is 1. The van der Waals surface area contributed by atoms with E-state index in [9.17, 15) is 0 Å². The van der Waals surface area contributed by atoms with Crippen LogP contribution < -0.4 is 5.73 Å². The molecule has 0 saturated carbocycles. The van der Waals surface area contributed by atoms with Gasteiger partial charge in [0.2, 0.25) is 0 Å². The second kappa shape index (κ2) is 6.18. The first-order valence-electron chi connectivity index (χ1n) is 6.49. The van der Waals surface area contributed by atoms with Crippen molar-refractivity contribution in [3.8, 4) is 0 Å². The van der Waals surface area contributed by atoms with E-state index < -0.39 is 0 Å². The molecule has 19 heavy (non-hydrogen) atoms. The number of anilines is 1. The quantitative estimate of drug-likeness (QED) is 0.834. The minimum absolute atomic E-state index is 0.538. The standard InChI is InChI=1S/C15H19N3O/c1-11(2)3-9-14-17-15(19-18-14)10-6-12-4-7-13(16)8-5-12/h4-8,10-11H,3,9,16H2,1-2H3/b10-6+. The number of hydrogen-bond acceptors (Lipinski definition) is 4. The zero-order valence-electron chi connectivity index (χ0n) is 11.3. The molecule has 0 spiro atoms. The van der Waals surface area contributed by atoms with E-state index in [0.717, 1.165) is 29.9 Å².